The molecule has 2 atom stereocenters. The summed E-state index contributed by atoms with van der Waals surface area (Å²) in [7, 11) is 0. The van der Waals surface area contributed by atoms with Gasteiger partial charge in [-0.1, -0.05) is 19.9 Å². The Hall–Kier alpha value is -1.93. The average molecular weight is 433 g/mol. The zero-order valence-electron chi connectivity index (χ0n) is 17.9. The van der Waals surface area contributed by atoms with E-state index in [1.807, 2.05) is 41.2 Å². The molecule has 0 aromatic carbocycles. The number of hydrogen-bond acceptors (Lipinski definition) is 5. The van der Waals surface area contributed by atoms with Gasteiger partial charge in [-0.25, -0.2) is 0 Å². The molecular formula is C22H32N4O3S. The molecule has 3 heterocycles. The minimum Gasteiger partial charge on any atom is -0.338 e. The number of thiophene rings is 1. The van der Waals surface area contributed by atoms with Gasteiger partial charge in [-0.3, -0.25) is 14.4 Å². The van der Waals surface area contributed by atoms with E-state index in [2.05, 4.69) is 5.32 Å². The van der Waals surface area contributed by atoms with Crippen molar-refractivity contribution in [2.45, 2.75) is 51.7 Å². The Bertz CT molecular complexity index is 771. The number of carbonyl (C=O) groups is 3. The second-order valence-corrected chi connectivity index (χ2v) is 9.98. The number of nitrogens with zero attached hydrogens (tertiary/aromatic N) is 3. The van der Waals surface area contributed by atoms with Crippen LogP contribution < -0.4 is 5.32 Å². The van der Waals surface area contributed by atoms with E-state index in [0.717, 1.165) is 30.8 Å². The van der Waals surface area contributed by atoms with Crippen LogP contribution in [0.1, 0.15) is 38.0 Å². The number of nitrogens with one attached hydrogen (secondary N) is 1. The van der Waals surface area contributed by atoms with E-state index in [0.29, 0.717) is 32.6 Å². The lowest BCUT2D eigenvalue weighted by molar-refractivity contribution is -0.144. The molecule has 1 saturated carbocycles. The molecule has 1 aromatic rings. The van der Waals surface area contributed by atoms with E-state index in [1.54, 1.807) is 16.2 Å². The Morgan fingerprint density at radius 2 is 1.93 bits per heavy atom. The van der Waals surface area contributed by atoms with Crippen LogP contribution in [0.5, 0.6) is 0 Å². The maximum absolute atomic E-state index is 13.3. The van der Waals surface area contributed by atoms with E-state index < -0.39 is 6.04 Å². The summed E-state index contributed by atoms with van der Waals surface area (Å²) in [5, 5.41) is 5.29. The van der Waals surface area contributed by atoms with E-state index in [9.17, 15) is 14.4 Å². The molecule has 8 heteroatoms. The van der Waals surface area contributed by atoms with Crippen LogP contribution in [0.15, 0.2) is 17.5 Å². The van der Waals surface area contributed by atoms with Gasteiger partial charge in [-0.2, -0.15) is 0 Å². The van der Waals surface area contributed by atoms with Crippen LogP contribution in [-0.4, -0.2) is 77.2 Å². The summed E-state index contributed by atoms with van der Waals surface area (Å²) in [5.74, 6) is 0.164. The Balaban J connectivity index is 1.56. The lowest BCUT2D eigenvalue weighted by atomic mass is 10.1. The fraction of sp³-hybridized carbons (Fsp3) is 0.682. The number of amides is 3. The van der Waals surface area contributed by atoms with Gasteiger partial charge in [0.1, 0.15) is 6.04 Å². The van der Waals surface area contributed by atoms with Crippen molar-refractivity contribution in [1.29, 1.82) is 0 Å². The van der Waals surface area contributed by atoms with Crippen LogP contribution in [0.3, 0.4) is 0 Å². The highest BCUT2D eigenvalue weighted by Gasteiger charge is 2.47. The first-order chi connectivity index (χ1) is 14.5. The number of rotatable bonds is 6. The lowest BCUT2D eigenvalue weighted by Crippen LogP contribution is -2.53. The van der Waals surface area contributed by atoms with Gasteiger partial charge in [0.05, 0.1) is 12.6 Å². The summed E-state index contributed by atoms with van der Waals surface area (Å²) in [5.41, 5.74) is 0. The lowest BCUT2D eigenvalue weighted by Gasteiger charge is -2.32. The Labute approximate surface area is 182 Å². The summed E-state index contributed by atoms with van der Waals surface area (Å²) in [6.45, 7) is 7.75. The van der Waals surface area contributed by atoms with Gasteiger partial charge in [-0.05, 0) is 30.7 Å². The van der Waals surface area contributed by atoms with Crippen molar-refractivity contribution >= 4 is 29.1 Å². The third kappa shape index (κ3) is 4.54. The molecule has 1 aliphatic carbocycles. The molecule has 0 radical (unpaired) electrons. The van der Waals surface area contributed by atoms with Crippen LogP contribution in [0.4, 0.5) is 0 Å². The Morgan fingerprint density at radius 1 is 1.20 bits per heavy atom. The van der Waals surface area contributed by atoms with Crippen LogP contribution in [0.2, 0.25) is 0 Å². The van der Waals surface area contributed by atoms with Crippen molar-refractivity contribution in [1.82, 2.24) is 20.0 Å². The first kappa shape index (κ1) is 21.3. The summed E-state index contributed by atoms with van der Waals surface area (Å²) >= 11 is 1.63. The van der Waals surface area contributed by atoms with E-state index in [1.165, 1.54) is 0 Å². The molecule has 0 spiro atoms. The maximum Gasteiger partial charge on any atom is 0.245 e. The molecule has 4 rings (SSSR count). The SMILES string of the molecule is CC(C)C(=O)N(Cc1cccs1)C1CC(C(=O)N2CCNCC2)N(C(=O)C2CC2)C1. The molecule has 2 aliphatic heterocycles. The number of carbonyl (C=O) groups excluding carboxylic acids is 3. The molecule has 1 aromatic heterocycles. The molecular weight excluding hydrogens is 400 g/mol. The van der Waals surface area contributed by atoms with E-state index in [4.69, 9.17) is 0 Å². The smallest absolute Gasteiger partial charge is 0.245 e. The molecule has 2 saturated heterocycles. The summed E-state index contributed by atoms with van der Waals surface area (Å²) in [6.07, 6.45) is 2.36. The third-order valence-electron chi connectivity index (χ3n) is 6.33. The van der Waals surface area contributed by atoms with Gasteiger partial charge >= 0.3 is 0 Å². The number of piperazine rings is 1. The monoisotopic (exact) mass is 432 g/mol. The quantitative estimate of drug-likeness (QED) is 0.740. The first-order valence-corrected chi connectivity index (χ1v) is 12.0. The van der Waals surface area contributed by atoms with Gasteiger partial charge in [0.2, 0.25) is 17.7 Å². The predicted molar refractivity (Wildman–Crippen MR) is 116 cm³/mol. The maximum atomic E-state index is 13.3. The molecule has 30 heavy (non-hydrogen) atoms. The highest BCUT2D eigenvalue weighted by atomic mass is 32.1. The van der Waals surface area contributed by atoms with Crippen LogP contribution in [0, 0.1) is 11.8 Å². The summed E-state index contributed by atoms with van der Waals surface area (Å²) in [4.78, 5) is 46.2. The van der Waals surface area contributed by atoms with Gasteiger partial charge in [0.15, 0.2) is 0 Å². The van der Waals surface area contributed by atoms with Gasteiger partial charge in [0, 0.05) is 49.4 Å². The van der Waals surface area contributed by atoms with Crippen LogP contribution in [-0.2, 0) is 20.9 Å². The first-order valence-electron chi connectivity index (χ1n) is 11.1. The second kappa shape index (κ2) is 9.06. The third-order valence-corrected chi connectivity index (χ3v) is 7.19. The minimum atomic E-state index is -0.452. The van der Waals surface area contributed by atoms with Crippen molar-refractivity contribution in [3.63, 3.8) is 0 Å². The van der Waals surface area contributed by atoms with Gasteiger partial charge < -0.3 is 20.0 Å². The van der Waals surface area contributed by atoms with Crippen molar-refractivity contribution in [3.05, 3.63) is 22.4 Å². The molecule has 0 bridgehead atoms. The molecule has 3 aliphatic rings. The van der Waals surface area contributed by atoms with Crippen molar-refractivity contribution in [2.75, 3.05) is 32.7 Å². The van der Waals surface area contributed by atoms with Gasteiger partial charge in [0.25, 0.3) is 0 Å². The largest absolute Gasteiger partial charge is 0.338 e. The molecule has 3 amide bonds. The Morgan fingerprint density at radius 3 is 2.53 bits per heavy atom. The molecule has 3 fully saturated rings. The average Bonchev–Trinajstić information content (AvgIpc) is 3.30. The summed E-state index contributed by atoms with van der Waals surface area (Å²) < 4.78 is 0. The van der Waals surface area contributed by atoms with Crippen molar-refractivity contribution < 1.29 is 14.4 Å². The van der Waals surface area contributed by atoms with Crippen LogP contribution >= 0.6 is 11.3 Å². The van der Waals surface area contributed by atoms with Gasteiger partial charge in [-0.15, -0.1) is 11.3 Å². The topological polar surface area (TPSA) is 73.0 Å². The van der Waals surface area contributed by atoms with E-state index in [-0.39, 0.29) is 35.6 Å². The van der Waals surface area contributed by atoms with Crippen LogP contribution in [0.25, 0.3) is 0 Å². The van der Waals surface area contributed by atoms with E-state index >= 15 is 0 Å². The molecule has 164 valence electrons. The number of hydrogen-bond donors (Lipinski definition) is 1. The second-order valence-electron chi connectivity index (χ2n) is 8.95. The highest BCUT2D eigenvalue weighted by Crippen LogP contribution is 2.35. The zero-order valence-corrected chi connectivity index (χ0v) is 18.7. The molecule has 2 unspecified atom stereocenters. The number of likely N-dealkylation sites (tertiary alicyclic amines) is 1. The van der Waals surface area contributed by atoms with Crippen molar-refractivity contribution in [2.24, 2.45) is 11.8 Å². The van der Waals surface area contributed by atoms with Crippen molar-refractivity contribution in [3.8, 4) is 0 Å². The highest BCUT2D eigenvalue weighted by molar-refractivity contribution is 7.09. The fourth-order valence-electron chi connectivity index (χ4n) is 4.47. The standard InChI is InChI=1S/C22H32N4O3S/c1-15(2)20(27)25(14-18-4-3-11-30-18)17-12-19(22(29)24-9-7-23-8-10-24)26(13-17)21(28)16-5-6-16/h3-4,11,15-17,19,23H,5-10,12-14H2,1-2H3. The predicted octanol–water partition coefficient (Wildman–Crippen LogP) is 1.54. The fourth-order valence-corrected chi connectivity index (χ4v) is 5.17. The normalized spacial score (nSPS) is 24.4. The molecule has 1 N–H and O–H groups in total. The zero-order chi connectivity index (χ0) is 21.3. The molecule has 7 nitrogen and oxygen atoms in total. The summed E-state index contributed by atoms with van der Waals surface area (Å²) in [6, 6.07) is 3.46. The minimum absolute atomic E-state index is 0.0427. The Kier molecular flexibility index (Phi) is 6.43.